The van der Waals surface area contributed by atoms with Crippen molar-refractivity contribution in [2.24, 2.45) is 0 Å². The van der Waals surface area contributed by atoms with Crippen LogP contribution in [-0.4, -0.2) is 39.3 Å². The van der Waals surface area contributed by atoms with Crippen LogP contribution in [0.5, 0.6) is 11.5 Å². The lowest BCUT2D eigenvalue weighted by atomic mass is 10.2. The van der Waals surface area contributed by atoms with Gasteiger partial charge in [-0.05, 0) is 43.3 Å². The number of imidazole rings is 1. The van der Waals surface area contributed by atoms with Gasteiger partial charge in [0.15, 0.2) is 0 Å². The Balaban J connectivity index is 1.39. The van der Waals surface area contributed by atoms with Gasteiger partial charge in [0.2, 0.25) is 5.95 Å². The van der Waals surface area contributed by atoms with Crippen molar-refractivity contribution in [2.45, 2.75) is 6.92 Å². The van der Waals surface area contributed by atoms with E-state index >= 15 is 0 Å². The number of nitrogens with zero attached hydrogens (tertiary/aromatic N) is 3. The van der Waals surface area contributed by atoms with Crippen molar-refractivity contribution < 1.29 is 9.84 Å². The van der Waals surface area contributed by atoms with Crippen molar-refractivity contribution in [1.82, 2.24) is 14.5 Å². The van der Waals surface area contributed by atoms with E-state index in [-0.39, 0.29) is 11.3 Å². The maximum Gasteiger partial charge on any atom is 0.261 e. The van der Waals surface area contributed by atoms with Crippen LogP contribution in [0.1, 0.15) is 6.92 Å². The van der Waals surface area contributed by atoms with Crippen LogP contribution in [0.15, 0.2) is 83.7 Å². The molecule has 2 aromatic heterocycles. The predicted octanol–water partition coefficient (Wildman–Crippen LogP) is 4.48. The maximum atomic E-state index is 12.7. The van der Waals surface area contributed by atoms with Crippen LogP contribution < -0.4 is 15.2 Å². The highest BCUT2D eigenvalue weighted by Crippen LogP contribution is 2.25. The predicted molar refractivity (Wildman–Crippen MR) is 131 cm³/mol. The third kappa shape index (κ3) is 4.01. The first-order valence-corrected chi connectivity index (χ1v) is 10.9. The van der Waals surface area contributed by atoms with Crippen LogP contribution in [0.2, 0.25) is 0 Å². The Hall–Kier alpha value is -4.26. The molecule has 0 aliphatic rings. The summed E-state index contributed by atoms with van der Waals surface area (Å²) in [5.41, 5.74) is 2.88. The van der Waals surface area contributed by atoms with Crippen LogP contribution in [0.3, 0.4) is 0 Å². The quantitative estimate of drug-likeness (QED) is 0.390. The Morgan fingerprint density at radius 1 is 1.03 bits per heavy atom. The number of benzene rings is 3. The lowest BCUT2D eigenvalue weighted by Gasteiger charge is -2.23. The number of likely N-dealkylation sites (N-methyl/N-ethyl adjacent to an activating group) is 1. The molecule has 2 N–H and O–H groups in total. The number of anilines is 1. The molecule has 0 atom stereocenters. The van der Waals surface area contributed by atoms with Crippen LogP contribution in [0.25, 0.3) is 27.9 Å². The molecule has 0 fully saturated rings. The normalized spacial score (nSPS) is 11.2. The average molecular weight is 441 g/mol. The molecule has 0 unspecified atom stereocenters. The fourth-order valence-electron chi connectivity index (χ4n) is 4.03. The number of aromatic nitrogens is 3. The number of aromatic hydroxyl groups is 1. The second kappa shape index (κ2) is 8.70. The van der Waals surface area contributed by atoms with Gasteiger partial charge in [-0.1, -0.05) is 30.3 Å². The number of rotatable bonds is 7. The van der Waals surface area contributed by atoms with Crippen molar-refractivity contribution in [3.63, 3.8) is 0 Å². The Bertz CT molecular complexity index is 1470. The van der Waals surface area contributed by atoms with Crippen molar-refractivity contribution in [2.75, 3.05) is 24.6 Å². The van der Waals surface area contributed by atoms with E-state index in [1.54, 1.807) is 12.1 Å². The number of nitrogens with one attached hydrogen (secondary N) is 1. The van der Waals surface area contributed by atoms with Crippen molar-refractivity contribution in [1.29, 1.82) is 0 Å². The van der Waals surface area contributed by atoms with E-state index < -0.39 is 0 Å². The van der Waals surface area contributed by atoms with Crippen molar-refractivity contribution in [3.8, 4) is 17.4 Å². The van der Waals surface area contributed by atoms with Gasteiger partial charge < -0.3 is 19.7 Å². The molecule has 0 aliphatic heterocycles. The number of para-hydroxylation sites is 2. The van der Waals surface area contributed by atoms with Gasteiger partial charge in [0.1, 0.15) is 18.1 Å². The number of hydrogen-bond donors (Lipinski definition) is 2. The van der Waals surface area contributed by atoms with E-state index in [1.807, 2.05) is 48.5 Å². The van der Waals surface area contributed by atoms with E-state index in [9.17, 15) is 9.90 Å². The Kier molecular flexibility index (Phi) is 5.44. The average Bonchev–Trinajstić information content (AvgIpc) is 3.25. The molecule has 2 heterocycles. The van der Waals surface area contributed by atoms with E-state index in [2.05, 4.69) is 33.9 Å². The molecule has 7 heteroatoms. The highest BCUT2D eigenvalue weighted by atomic mass is 16.5. The first-order valence-electron chi connectivity index (χ1n) is 10.9. The minimum atomic E-state index is -0.359. The van der Waals surface area contributed by atoms with Gasteiger partial charge in [-0.25, -0.2) is 9.55 Å². The zero-order valence-electron chi connectivity index (χ0n) is 18.2. The number of aromatic amines is 1. The minimum Gasteiger partial charge on any atom is -0.507 e. The zero-order valence-corrected chi connectivity index (χ0v) is 18.2. The molecule has 0 radical (unpaired) electrons. The molecule has 5 rings (SSSR count). The van der Waals surface area contributed by atoms with Crippen molar-refractivity contribution in [3.05, 3.63) is 89.2 Å². The summed E-state index contributed by atoms with van der Waals surface area (Å²) in [7, 11) is 0. The van der Waals surface area contributed by atoms with Gasteiger partial charge in [0, 0.05) is 29.8 Å². The summed E-state index contributed by atoms with van der Waals surface area (Å²) in [6.07, 6.45) is 0. The second-order valence-corrected chi connectivity index (χ2v) is 7.72. The molecule has 0 bridgehead atoms. The summed E-state index contributed by atoms with van der Waals surface area (Å²) in [4.78, 5) is 22.7. The lowest BCUT2D eigenvalue weighted by molar-refractivity contribution is 0.324. The van der Waals surface area contributed by atoms with E-state index in [4.69, 9.17) is 4.74 Å². The molecule has 0 saturated carbocycles. The fourth-order valence-corrected chi connectivity index (χ4v) is 4.03. The van der Waals surface area contributed by atoms with Gasteiger partial charge in [0.05, 0.1) is 23.1 Å². The lowest BCUT2D eigenvalue weighted by Crippen LogP contribution is -2.27. The summed E-state index contributed by atoms with van der Waals surface area (Å²) < 4.78 is 7.47. The summed E-state index contributed by atoms with van der Waals surface area (Å²) >= 11 is 0. The molecule has 0 saturated heterocycles. The molecule has 0 aliphatic carbocycles. The van der Waals surface area contributed by atoms with E-state index in [1.165, 1.54) is 16.3 Å². The first kappa shape index (κ1) is 20.6. The summed E-state index contributed by atoms with van der Waals surface area (Å²) in [6, 6.07) is 24.3. The highest BCUT2D eigenvalue weighted by Gasteiger charge is 2.13. The monoisotopic (exact) mass is 440 g/mol. The van der Waals surface area contributed by atoms with Gasteiger partial charge in [-0.15, -0.1) is 0 Å². The van der Waals surface area contributed by atoms with Gasteiger partial charge in [0.25, 0.3) is 5.56 Å². The molecular weight excluding hydrogens is 416 g/mol. The van der Waals surface area contributed by atoms with Crippen molar-refractivity contribution >= 4 is 27.6 Å². The minimum absolute atomic E-state index is 0.0460. The third-order valence-corrected chi connectivity index (χ3v) is 5.69. The first-order chi connectivity index (χ1) is 16.1. The zero-order chi connectivity index (χ0) is 22.8. The molecule has 7 nitrogen and oxygen atoms in total. The fraction of sp³-hybridized carbons (Fsp3) is 0.154. The molecular formula is C26H24N4O3. The maximum absolute atomic E-state index is 12.7. The SMILES string of the molecule is CCN(CCOc1ccc2nc(-n3c(=O)cc(O)c4ccccc43)[nH]c2c1)c1ccccc1. The Morgan fingerprint density at radius 3 is 2.64 bits per heavy atom. The molecule has 33 heavy (non-hydrogen) atoms. The van der Waals surface area contributed by atoms with Crippen LogP contribution in [-0.2, 0) is 0 Å². The van der Waals surface area contributed by atoms with Gasteiger partial charge in [-0.3, -0.25) is 4.79 Å². The smallest absolute Gasteiger partial charge is 0.261 e. The summed E-state index contributed by atoms with van der Waals surface area (Å²) in [6.45, 7) is 4.32. The summed E-state index contributed by atoms with van der Waals surface area (Å²) in [5.74, 6) is 1.07. The molecule has 0 amide bonds. The second-order valence-electron chi connectivity index (χ2n) is 7.72. The van der Waals surface area contributed by atoms with E-state index in [0.29, 0.717) is 23.5 Å². The number of ether oxygens (including phenoxy) is 1. The molecule has 166 valence electrons. The number of H-pyrrole nitrogens is 1. The number of pyridine rings is 1. The van der Waals surface area contributed by atoms with Crippen LogP contribution in [0, 0.1) is 0 Å². The molecule has 3 aromatic carbocycles. The van der Waals surface area contributed by atoms with Gasteiger partial charge >= 0.3 is 0 Å². The van der Waals surface area contributed by atoms with E-state index in [0.717, 1.165) is 29.9 Å². The van der Waals surface area contributed by atoms with Gasteiger partial charge in [-0.2, -0.15) is 0 Å². The number of fused-ring (bicyclic) bond motifs is 2. The standard InChI is InChI=1S/C26H24N4O3/c1-2-29(18-8-4-3-5-9-18)14-15-33-19-12-13-21-22(16-19)28-26(27-21)30-23-11-7-6-10-20(23)24(31)17-25(30)32/h3-13,16-17,31H,2,14-15H2,1H3,(H,27,28). The Labute approximate surface area is 190 Å². The van der Waals surface area contributed by atoms with Crippen LogP contribution in [0.4, 0.5) is 5.69 Å². The molecule has 0 spiro atoms. The molecule has 5 aromatic rings. The summed E-state index contributed by atoms with van der Waals surface area (Å²) in [5, 5.41) is 10.7. The third-order valence-electron chi connectivity index (χ3n) is 5.69. The number of hydrogen-bond acceptors (Lipinski definition) is 5. The topological polar surface area (TPSA) is 83.4 Å². The van der Waals surface area contributed by atoms with Crippen LogP contribution >= 0.6 is 0 Å². The Morgan fingerprint density at radius 2 is 1.82 bits per heavy atom. The largest absolute Gasteiger partial charge is 0.507 e. The highest BCUT2D eigenvalue weighted by molar-refractivity contribution is 5.86.